The Labute approximate surface area is 160 Å². The Morgan fingerprint density at radius 3 is 2.96 bits per heavy atom. The van der Waals surface area contributed by atoms with Gasteiger partial charge in [-0.05, 0) is 43.6 Å². The lowest BCUT2D eigenvalue weighted by molar-refractivity contribution is 0.102. The summed E-state index contributed by atoms with van der Waals surface area (Å²) in [5.74, 6) is 1.51. The van der Waals surface area contributed by atoms with Gasteiger partial charge in [0.2, 0.25) is 6.79 Å². The summed E-state index contributed by atoms with van der Waals surface area (Å²) < 4.78 is 12.5. The van der Waals surface area contributed by atoms with Crippen molar-refractivity contribution in [2.24, 2.45) is 0 Å². The Morgan fingerprint density at radius 1 is 1.21 bits per heavy atom. The van der Waals surface area contributed by atoms with E-state index >= 15 is 0 Å². The summed E-state index contributed by atoms with van der Waals surface area (Å²) in [7, 11) is 0. The summed E-state index contributed by atoms with van der Waals surface area (Å²) in [5, 5.41) is 21.2. The van der Waals surface area contributed by atoms with Crippen LogP contribution >= 0.6 is 0 Å². The molecular formula is C18H19N7O3. The summed E-state index contributed by atoms with van der Waals surface area (Å²) >= 11 is 0. The minimum Gasteiger partial charge on any atom is -0.454 e. The van der Waals surface area contributed by atoms with Crippen molar-refractivity contribution in [2.45, 2.75) is 18.9 Å². The number of hydrogen-bond acceptors (Lipinski definition) is 7. The molecule has 1 amide bonds. The normalized spacial score (nSPS) is 16.3. The number of amides is 1. The first-order valence-electron chi connectivity index (χ1n) is 9.15. The van der Waals surface area contributed by atoms with Crippen LogP contribution in [0.2, 0.25) is 0 Å². The lowest BCUT2D eigenvalue weighted by atomic mass is 10.1. The Hall–Kier alpha value is -3.40. The Balaban J connectivity index is 1.34. The fourth-order valence-corrected chi connectivity index (χ4v) is 3.47. The number of hydrogen-bond donors (Lipinski definition) is 3. The van der Waals surface area contributed by atoms with E-state index in [1.807, 2.05) is 18.2 Å². The number of benzene rings is 1. The summed E-state index contributed by atoms with van der Waals surface area (Å²) in [4.78, 5) is 12.6. The molecule has 1 aromatic carbocycles. The van der Waals surface area contributed by atoms with Crippen LogP contribution in [0, 0.1) is 0 Å². The molecule has 0 aliphatic carbocycles. The van der Waals surface area contributed by atoms with Crippen LogP contribution < -0.4 is 20.1 Å². The number of H-pyrrole nitrogens is 1. The highest BCUT2D eigenvalue weighted by molar-refractivity contribution is 6.04. The third-order valence-electron chi connectivity index (χ3n) is 4.99. The van der Waals surface area contributed by atoms with Crippen LogP contribution in [-0.4, -0.2) is 51.0 Å². The number of nitrogens with one attached hydrogen (secondary N) is 3. The van der Waals surface area contributed by atoms with Gasteiger partial charge in [-0.2, -0.15) is 5.10 Å². The number of ether oxygens (including phenoxy) is 2. The summed E-state index contributed by atoms with van der Waals surface area (Å²) in [6, 6.07) is 5.85. The van der Waals surface area contributed by atoms with E-state index in [0.29, 0.717) is 17.3 Å². The molecule has 2 aromatic heterocycles. The highest BCUT2D eigenvalue weighted by atomic mass is 16.7. The SMILES string of the molecule is O=C(Nc1[nH]ncc1-c1ccc2c(c1)OCO2)c1cn(C2CCNCC2)nn1. The number of aromatic amines is 1. The van der Waals surface area contributed by atoms with Crippen LogP contribution in [0.3, 0.4) is 0 Å². The van der Waals surface area contributed by atoms with Crippen molar-refractivity contribution in [3.05, 3.63) is 36.3 Å². The molecule has 10 nitrogen and oxygen atoms in total. The number of aromatic nitrogens is 5. The monoisotopic (exact) mass is 381 g/mol. The third kappa shape index (κ3) is 3.07. The average molecular weight is 381 g/mol. The van der Waals surface area contributed by atoms with E-state index in [4.69, 9.17) is 9.47 Å². The van der Waals surface area contributed by atoms with Gasteiger partial charge in [-0.25, -0.2) is 4.68 Å². The van der Waals surface area contributed by atoms with E-state index in [2.05, 4.69) is 31.1 Å². The zero-order chi connectivity index (χ0) is 18.9. The Kier molecular flexibility index (Phi) is 4.17. The largest absolute Gasteiger partial charge is 0.454 e. The third-order valence-corrected chi connectivity index (χ3v) is 4.99. The smallest absolute Gasteiger partial charge is 0.278 e. The van der Waals surface area contributed by atoms with Gasteiger partial charge in [-0.1, -0.05) is 11.3 Å². The molecule has 0 spiro atoms. The lowest BCUT2D eigenvalue weighted by Gasteiger charge is -2.22. The minimum atomic E-state index is -0.341. The topological polar surface area (TPSA) is 119 Å². The summed E-state index contributed by atoms with van der Waals surface area (Å²) in [6.07, 6.45) is 5.29. The molecule has 0 atom stereocenters. The maximum Gasteiger partial charge on any atom is 0.278 e. The summed E-state index contributed by atoms with van der Waals surface area (Å²) in [6.45, 7) is 2.10. The fraction of sp³-hybridized carbons (Fsp3) is 0.333. The number of carbonyl (C=O) groups is 1. The van der Waals surface area contributed by atoms with Gasteiger partial charge in [0, 0.05) is 5.56 Å². The molecule has 144 valence electrons. The predicted octanol–water partition coefficient (Wildman–Crippen LogP) is 1.57. The molecule has 1 fully saturated rings. The van der Waals surface area contributed by atoms with Gasteiger partial charge in [0.15, 0.2) is 17.2 Å². The van der Waals surface area contributed by atoms with E-state index < -0.39 is 0 Å². The molecule has 1 saturated heterocycles. The molecule has 0 unspecified atom stereocenters. The fourth-order valence-electron chi connectivity index (χ4n) is 3.47. The molecule has 10 heteroatoms. The molecule has 2 aliphatic rings. The van der Waals surface area contributed by atoms with Crippen molar-refractivity contribution in [1.29, 1.82) is 0 Å². The van der Waals surface area contributed by atoms with Crippen molar-refractivity contribution in [3.8, 4) is 22.6 Å². The maximum absolute atomic E-state index is 12.6. The van der Waals surface area contributed by atoms with E-state index in [1.54, 1.807) is 17.1 Å². The second-order valence-electron chi connectivity index (χ2n) is 6.75. The zero-order valence-electron chi connectivity index (χ0n) is 15.0. The van der Waals surface area contributed by atoms with Crippen molar-refractivity contribution in [3.63, 3.8) is 0 Å². The summed E-state index contributed by atoms with van der Waals surface area (Å²) in [5.41, 5.74) is 1.87. The van der Waals surface area contributed by atoms with Crippen LogP contribution in [0.4, 0.5) is 5.82 Å². The van der Waals surface area contributed by atoms with Crippen LogP contribution in [0.5, 0.6) is 11.5 Å². The van der Waals surface area contributed by atoms with E-state index in [0.717, 1.165) is 37.1 Å². The van der Waals surface area contributed by atoms with Gasteiger partial charge >= 0.3 is 0 Å². The minimum absolute atomic E-state index is 0.209. The lowest BCUT2D eigenvalue weighted by Crippen LogP contribution is -2.29. The molecular weight excluding hydrogens is 362 g/mol. The van der Waals surface area contributed by atoms with Crippen LogP contribution in [-0.2, 0) is 0 Å². The first-order valence-corrected chi connectivity index (χ1v) is 9.15. The first kappa shape index (κ1) is 16.8. The van der Waals surface area contributed by atoms with E-state index in [-0.39, 0.29) is 24.4 Å². The highest BCUT2D eigenvalue weighted by Crippen LogP contribution is 2.37. The molecule has 3 N–H and O–H groups in total. The second kappa shape index (κ2) is 6.97. The first-order chi connectivity index (χ1) is 13.8. The number of nitrogens with zero attached hydrogens (tertiary/aromatic N) is 4. The Bertz CT molecular complexity index is 1010. The number of carbonyl (C=O) groups excluding carboxylic acids is 1. The van der Waals surface area contributed by atoms with E-state index in [9.17, 15) is 4.79 Å². The van der Waals surface area contributed by atoms with Crippen LogP contribution in [0.25, 0.3) is 11.1 Å². The molecule has 0 bridgehead atoms. The second-order valence-corrected chi connectivity index (χ2v) is 6.75. The number of anilines is 1. The molecule has 4 heterocycles. The van der Waals surface area contributed by atoms with Crippen molar-refractivity contribution in [1.82, 2.24) is 30.5 Å². The maximum atomic E-state index is 12.6. The number of piperidine rings is 1. The molecule has 28 heavy (non-hydrogen) atoms. The molecule has 5 rings (SSSR count). The van der Waals surface area contributed by atoms with Crippen molar-refractivity contribution in [2.75, 3.05) is 25.2 Å². The van der Waals surface area contributed by atoms with Crippen LogP contribution in [0.1, 0.15) is 29.4 Å². The predicted molar refractivity (Wildman–Crippen MR) is 99.3 cm³/mol. The van der Waals surface area contributed by atoms with E-state index in [1.165, 1.54) is 0 Å². The van der Waals surface area contributed by atoms with Gasteiger partial charge in [-0.15, -0.1) is 5.10 Å². The molecule has 0 saturated carbocycles. The van der Waals surface area contributed by atoms with Crippen LogP contribution in [0.15, 0.2) is 30.6 Å². The van der Waals surface area contributed by atoms with Gasteiger partial charge < -0.3 is 20.1 Å². The average Bonchev–Trinajstić information content (AvgIpc) is 3.48. The van der Waals surface area contributed by atoms with Gasteiger partial charge in [0.25, 0.3) is 5.91 Å². The highest BCUT2D eigenvalue weighted by Gasteiger charge is 2.21. The standard InChI is InChI=1S/C18H19N7O3/c26-18(14-9-25(24-22-14)12-3-5-19-6-4-12)21-17-13(8-20-23-17)11-1-2-15-16(7-11)28-10-27-15/h1-2,7-9,12,19H,3-6,10H2,(H2,20,21,23,26). The number of fused-ring (bicyclic) bond motifs is 1. The van der Waals surface area contributed by atoms with Gasteiger partial charge in [0.1, 0.15) is 5.82 Å². The van der Waals surface area contributed by atoms with Gasteiger partial charge in [0.05, 0.1) is 18.4 Å². The van der Waals surface area contributed by atoms with Crippen molar-refractivity contribution < 1.29 is 14.3 Å². The molecule has 0 radical (unpaired) electrons. The zero-order valence-corrected chi connectivity index (χ0v) is 15.0. The number of rotatable bonds is 4. The Morgan fingerprint density at radius 2 is 2.07 bits per heavy atom. The van der Waals surface area contributed by atoms with Gasteiger partial charge in [-0.3, -0.25) is 9.89 Å². The molecule has 3 aromatic rings. The van der Waals surface area contributed by atoms with Crippen molar-refractivity contribution >= 4 is 11.7 Å². The molecule has 2 aliphatic heterocycles. The quantitative estimate of drug-likeness (QED) is 0.628.